The molecule has 2 heterocycles. The molecule has 0 N–H and O–H groups in total. The maximum absolute atomic E-state index is 12.9. The number of likely N-dealkylation sites (tertiary alicyclic amines) is 1. The van der Waals surface area contributed by atoms with Gasteiger partial charge in [-0.2, -0.15) is 0 Å². The Morgan fingerprint density at radius 1 is 1.14 bits per heavy atom. The monoisotopic (exact) mass is 640 g/mol. The van der Waals surface area contributed by atoms with Crippen molar-refractivity contribution < 1.29 is 28.7 Å². The first kappa shape index (κ1) is 26.5. The number of carbonyl (C=O) groups excluding carboxylic acids is 4. The Morgan fingerprint density at radius 3 is 2.58 bits per heavy atom. The number of nitrogens with zero attached hydrogens (tertiary/aromatic N) is 2. The summed E-state index contributed by atoms with van der Waals surface area (Å²) in [5.74, 6) is -0.828. The van der Waals surface area contributed by atoms with E-state index in [1.807, 2.05) is 22.6 Å². The van der Waals surface area contributed by atoms with Gasteiger partial charge in [0.2, 0.25) is 5.91 Å². The summed E-state index contributed by atoms with van der Waals surface area (Å²) < 4.78 is 11.5. The molecule has 0 unspecified atom stereocenters. The number of piperidine rings is 1. The summed E-state index contributed by atoms with van der Waals surface area (Å²) in [6.45, 7) is 1.04. The number of hydrogen-bond acceptors (Lipinski definition) is 7. The molecule has 188 valence electrons. The largest absolute Gasteiger partial charge is 0.493 e. The normalized spacial score (nSPS) is 17.0. The van der Waals surface area contributed by atoms with Crippen LogP contribution in [0.25, 0.3) is 6.08 Å². The smallest absolute Gasteiger partial charge is 0.343 e. The molecule has 2 fully saturated rings. The Hall–Kier alpha value is -2.57. The van der Waals surface area contributed by atoms with Crippen molar-refractivity contribution in [3.63, 3.8) is 0 Å². The van der Waals surface area contributed by atoms with Crippen molar-refractivity contribution in [2.45, 2.75) is 19.3 Å². The summed E-state index contributed by atoms with van der Waals surface area (Å²) >= 11 is 8.75. The van der Waals surface area contributed by atoms with E-state index in [0.717, 1.165) is 35.9 Å². The molecule has 4 rings (SSSR count). The van der Waals surface area contributed by atoms with Crippen LogP contribution in [0.4, 0.5) is 4.79 Å². The van der Waals surface area contributed by atoms with Gasteiger partial charge in [-0.05, 0) is 95.6 Å². The van der Waals surface area contributed by atoms with Gasteiger partial charge in [0.25, 0.3) is 11.1 Å². The lowest BCUT2D eigenvalue weighted by atomic mass is 10.1. The fourth-order valence-electron chi connectivity index (χ4n) is 3.86. The summed E-state index contributed by atoms with van der Waals surface area (Å²) in [5.41, 5.74) is 0.865. The predicted octanol–water partition coefficient (Wildman–Crippen LogP) is 5.22. The van der Waals surface area contributed by atoms with Gasteiger partial charge in [0.15, 0.2) is 11.5 Å². The van der Waals surface area contributed by atoms with E-state index in [1.165, 1.54) is 13.2 Å². The van der Waals surface area contributed by atoms with Crippen LogP contribution in [0.2, 0.25) is 5.02 Å². The molecule has 0 radical (unpaired) electrons. The van der Waals surface area contributed by atoms with Gasteiger partial charge < -0.3 is 14.4 Å². The number of amides is 3. The number of carbonyl (C=O) groups is 4. The number of thioether (sulfide) groups is 1. The van der Waals surface area contributed by atoms with Gasteiger partial charge in [0.1, 0.15) is 6.54 Å². The highest BCUT2D eigenvalue weighted by atomic mass is 127. The fourth-order valence-corrected chi connectivity index (χ4v) is 5.62. The number of imide groups is 1. The standard InChI is InChI=1S/C25H22ClIN2O6S/c1-34-19-11-15(10-18(27)22(19)35-24(32)16-6-5-7-17(26)13-16)12-20-23(31)29(25(33)36-20)14-21(30)28-8-3-2-4-9-28/h5-7,10-13H,2-4,8-9,14H2,1H3/b20-12-. The van der Waals surface area contributed by atoms with Gasteiger partial charge in [-0.1, -0.05) is 17.7 Å². The number of rotatable bonds is 6. The van der Waals surface area contributed by atoms with Crippen LogP contribution in [0.5, 0.6) is 11.5 Å². The van der Waals surface area contributed by atoms with E-state index in [9.17, 15) is 19.2 Å². The number of ether oxygens (including phenoxy) is 2. The number of methoxy groups -OCH3 is 1. The Balaban J connectivity index is 1.51. The zero-order valence-electron chi connectivity index (χ0n) is 19.3. The minimum atomic E-state index is -0.596. The molecule has 2 aromatic rings. The van der Waals surface area contributed by atoms with E-state index in [4.69, 9.17) is 21.1 Å². The Labute approximate surface area is 231 Å². The predicted molar refractivity (Wildman–Crippen MR) is 145 cm³/mol. The highest BCUT2D eigenvalue weighted by molar-refractivity contribution is 14.1. The Kier molecular flexibility index (Phi) is 8.58. The summed E-state index contributed by atoms with van der Waals surface area (Å²) in [7, 11) is 1.44. The van der Waals surface area contributed by atoms with Crippen LogP contribution in [-0.4, -0.2) is 59.6 Å². The third-order valence-corrected chi connectivity index (χ3v) is 7.62. The molecule has 2 aliphatic heterocycles. The molecule has 2 saturated heterocycles. The first-order valence-electron chi connectivity index (χ1n) is 11.1. The van der Waals surface area contributed by atoms with Gasteiger partial charge in [-0.25, -0.2) is 4.79 Å². The third-order valence-electron chi connectivity index (χ3n) is 5.68. The minimum absolute atomic E-state index is 0.202. The van der Waals surface area contributed by atoms with Crippen LogP contribution >= 0.6 is 46.0 Å². The van der Waals surface area contributed by atoms with Crippen molar-refractivity contribution in [2.75, 3.05) is 26.7 Å². The van der Waals surface area contributed by atoms with E-state index in [0.29, 0.717) is 27.2 Å². The van der Waals surface area contributed by atoms with Crippen molar-refractivity contribution in [1.82, 2.24) is 9.80 Å². The lowest BCUT2D eigenvalue weighted by molar-refractivity contribution is -0.136. The van der Waals surface area contributed by atoms with Gasteiger partial charge in [-0.15, -0.1) is 0 Å². The molecular formula is C25H22ClIN2O6S. The SMILES string of the molecule is COc1cc(/C=C2\SC(=O)N(CC(=O)N3CCCCC3)C2=O)cc(I)c1OC(=O)c1cccc(Cl)c1. The average Bonchev–Trinajstić information content (AvgIpc) is 3.13. The first-order valence-corrected chi connectivity index (χ1v) is 13.4. The van der Waals surface area contributed by atoms with Crippen LogP contribution in [0.3, 0.4) is 0 Å². The Morgan fingerprint density at radius 2 is 1.89 bits per heavy atom. The summed E-state index contributed by atoms with van der Waals surface area (Å²) in [5, 5.41) is -0.0709. The van der Waals surface area contributed by atoms with E-state index < -0.39 is 17.1 Å². The molecule has 36 heavy (non-hydrogen) atoms. The van der Waals surface area contributed by atoms with Crippen molar-refractivity contribution in [3.05, 3.63) is 61.0 Å². The van der Waals surface area contributed by atoms with Crippen LogP contribution in [-0.2, 0) is 9.59 Å². The Bertz CT molecular complexity index is 1260. The molecule has 0 aromatic heterocycles. The van der Waals surface area contributed by atoms with Crippen LogP contribution < -0.4 is 9.47 Å². The second-order valence-electron chi connectivity index (χ2n) is 8.14. The maximum atomic E-state index is 12.9. The molecule has 0 atom stereocenters. The lowest BCUT2D eigenvalue weighted by Crippen LogP contribution is -2.44. The second-order valence-corrected chi connectivity index (χ2v) is 10.7. The lowest BCUT2D eigenvalue weighted by Gasteiger charge is -2.27. The molecule has 0 bridgehead atoms. The van der Waals surface area contributed by atoms with Gasteiger partial charge in [0, 0.05) is 18.1 Å². The number of hydrogen-bond donors (Lipinski definition) is 0. The van der Waals surface area contributed by atoms with Crippen molar-refractivity contribution in [1.29, 1.82) is 0 Å². The first-order chi connectivity index (χ1) is 17.3. The summed E-state index contributed by atoms with van der Waals surface area (Å²) in [4.78, 5) is 53.4. The molecule has 11 heteroatoms. The van der Waals surface area contributed by atoms with E-state index in [-0.39, 0.29) is 34.4 Å². The van der Waals surface area contributed by atoms with Crippen LogP contribution in [0.15, 0.2) is 41.3 Å². The average molecular weight is 641 g/mol. The summed E-state index contributed by atoms with van der Waals surface area (Å²) in [6.07, 6.45) is 4.50. The molecule has 0 spiro atoms. The molecular weight excluding hydrogens is 619 g/mol. The second kappa shape index (κ2) is 11.7. The number of esters is 1. The molecule has 2 aromatic carbocycles. The van der Waals surface area contributed by atoms with Crippen molar-refractivity contribution in [3.8, 4) is 11.5 Å². The molecule has 2 aliphatic rings. The molecule has 0 saturated carbocycles. The van der Waals surface area contributed by atoms with Crippen molar-refractivity contribution >= 4 is 75.1 Å². The maximum Gasteiger partial charge on any atom is 0.343 e. The van der Waals surface area contributed by atoms with Gasteiger partial charge >= 0.3 is 5.97 Å². The highest BCUT2D eigenvalue weighted by Gasteiger charge is 2.37. The summed E-state index contributed by atoms with van der Waals surface area (Å²) in [6, 6.07) is 9.71. The quantitative estimate of drug-likeness (QED) is 0.185. The van der Waals surface area contributed by atoms with E-state index in [2.05, 4.69) is 0 Å². The van der Waals surface area contributed by atoms with Gasteiger partial charge in [0.05, 0.1) is 21.1 Å². The van der Waals surface area contributed by atoms with Gasteiger partial charge in [-0.3, -0.25) is 19.3 Å². The van der Waals surface area contributed by atoms with Crippen LogP contribution in [0, 0.1) is 3.57 Å². The fraction of sp³-hybridized carbons (Fsp3) is 0.280. The third kappa shape index (κ3) is 6.04. The van der Waals surface area contributed by atoms with Crippen LogP contribution in [0.1, 0.15) is 35.2 Å². The van der Waals surface area contributed by atoms with E-state index in [1.54, 1.807) is 41.3 Å². The zero-order valence-corrected chi connectivity index (χ0v) is 23.0. The number of halogens is 2. The topological polar surface area (TPSA) is 93.2 Å². The zero-order chi connectivity index (χ0) is 25.8. The molecule has 8 nitrogen and oxygen atoms in total. The highest BCUT2D eigenvalue weighted by Crippen LogP contribution is 2.37. The van der Waals surface area contributed by atoms with E-state index >= 15 is 0 Å². The van der Waals surface area contributed by atoms with Crippen molar-refractivity contribution in [2.24, 2.45) is 0 Å². The molecule has 0 aliphatic carbocycles. The number of benzene rings is 2. The minimum Gasteiger partial charge on any atom is -0.493 e. The molecule has 3 amide bonds.